The molecule has 0 saturated heterocycles. The fraction of sp³-hybridized carbons (Fsp3) is 0.400. The highest BCUT2D eigenvalue weighted by molar-refractivity contribution is 7.21. The lowest BCUT2D eigenvalue weighted by molar-refractivity contribution is 0.0712. The molecule has 1 aliphatic carbocycles. The van der Waals surface area contributed by atoms with Gasteiger partial charge in [-0.05, 0) is 37.5 Å². The molecular formula is C15H16FNO2S. The Morgan fingerprint density at radius 1 is 1.50 bits per heavy atom. The summed E-state index contributed by atoms with van der Waals surface area (Å²) in [5.74, 6) is -0.366. The van der Waals surface area contributed by atoms with Crippen LogP contribution in [-0.4, -0.2) is 35.1 Å². The number of halogens is 1. The number of hydrogen-bond acceptors (Lipinski definition) is 3. The molecule has 0 bridgehead atoms. The van der Waals surface area contributed by atoms with Crippen molar-refractivity contribution in [3.63, 3.8) is 0 Å². The van der Waals surface area contributed by atoms with Gasteiger partial charge in [0.25, 0.3) is 5.91 Å². The zero-order valence-electron chi connectivity index (χ0n) is 11.2. The molecule has 1 amide bonds. The van der Waals surface area contributed by atoms with E-state index < -0.39 is 0 Å². The van der Waals surface area contributed by atoms with Crippen LogP contribution in [0.15, 0.2) is 18.2 Å². The van der Waals surface area contributed by atoms with E-state index in [1.807, 2.05) is 6.07 Å². The SMILES string of the molecule is Cc1c(C(=O)N(CCO)C2CC2)sc2cccc(F)c12. The third kappa shape index (κ3) is 2.21. The Kier molecular flexibility index (Phi) is 3.48. The summed E-state index contributed by atoms with van der Waals surface area (Å²) < 4.78 is 14.7. The fourth-order valence-electron chi connectivity index (χ4n) is 2.53. The van der Waals surface area contributed by atoms with E-state index in [-0.39, 0.29) is 24.4 Å². The highest BCUT2D eigenvalue weighted by atomic mass is 32.1. The van der Waals surface area contributed by atoms with Gasteiger partial charge in [-0.2, -0.15) is 0 Å². The van der Waals surface area contributed by atoms with Crippen LogP contribution in [0.25, 0.3) is 10.1 Å². The van der Waals surface area contributed by atoms with Gasteiger partial charge in [-0.3, -0.25) is 4.79 Å². The highest BCUT2D eigenvalue weighted by Gasteiger charge is 2.34. The van der Waals surface area contributed by atoms with Crippen molar-refractivity contribution in [1.29, 1.82) is 0 Å². The van der Waals surface area contributed by atoms with Crippen molar-refractivity contribution in [2.24, 2.45) is 0 Å². The standard InChI is InChI=1S/C15H16FNO2S/c1-9-13-11(16)3-2-4-12(13)20-14(9)15(19)17(7-8-18)10-5-6-10/h2-4,10,18H,5-8H2,1H3. The lowest BCUT2D eigenvalue weighted by Crippen LogP contribution is -2.35. The molecule has 0 unspecified atom stereocenters. The van der Waals surface area contributed by atoms with Crippen LogP contribution in [-0.2, 0) is 0 Å². The Morgan fingerprint density at radius 2 is 2.25 bits per heavy atom. The van der Waals surface area contributed by atoms with Crippen LogP contribution in [0.1, 0.15) is 28.1 Å². The summed E-state index contributed by atoms with van der Waals surface area (Å²) in [4.78, 5) is 14.9. The topological polar surface area (TPSA) is 40.5 Å². The number of aliphatic hydroxyl groups is 1. The maximum Gasteiger partial charge on any atom is 0.264 e. The molecule has 106 valence electrons. The third-order valence-electron chi connectivity index (χ3n) is 3.69. The van der Waals surface area contributed by atoms with E-state index in [1.54, 1.807) is 17.9 Å². The number of benzene rings is 1. The first-order valence-electron chi connectivity index (χ1n) is 6.73. The van der Waals surface area contributed by atoms with E-state index in [2.05, 4.69) is 0 Å². The summed E-state index contributed by atoms with van der Waals surface area (Å²) in [6, 6.07) is 5.15. The van der Waals surface area contributed by atoms with Gasteiger partial charge in [0.05, 0.1) is 11.5 Å². The van der Waals surface area contributed by atoms with E-state index in [4.69, 9.17) is 5.11 Å². The monoisotopic (exact) mass is 293 g/mol. The number of hydrogen-bond donors (Lipinski definition) is 1. The molecule has 1 saturated carbocycles. The lowest BCUT2D eigenvalue weighted by Gasteiger charge is -2.20. The van der Waals surface area contributed by atoms with Crippen molar-refractivity contribution in [2.75, 3.05) is 13.2 Å². The quantitative estimate of drug-likeness (QED) is 0.941. The molecule has 1 N–H and O–H groups in total. The minimum Gasteiger partial charge on any atom is -0.395 e. The average Bonchev–Trinajstić information content (AvgIpc) is 3.20. The van der Waals surface area contributed by atoms with E-state index in [0.717, 1.165) is 17.5 Å². The molecular weight excluding hydrogens is 277 g/mol. The Morgan fingerprint density at radius 3 is 2.85 bits per heavy atom. The second-order valence-electron chi connectivity index (χ2n) is 5.12. The smallest absolute Gasteiger partial charge is 0.264 e. The number of nitrogens with zero attached hydrogens (tertiary/aromatic N) is 1. The summed E-state index contributed by atoms with van der Waals surface area (Å²) >= 11 is 1.33. The first kappa shape index (κ1) is 13.5. The summed E-state index contributed by atoms with van der Waals surface area (Å²) in [7, 11) is 0. The van der Waals surface area contributed by atoms with Crippen LogP contribution in [0, 0.1) is 12.7 Å². The number of rotatable bonds is 4. The van der Waals surface area contributed by atoms with Crippen LogP contribution in [0.3, 0.4) is 0 Å². The zero-order chi connectivity index (χ0) is 14.3. The third-order valence-corrected chi connectivity index (χ3v) is 4.93. The molecule has 1 aromatic carbocycles. The van der Waals surface area contributed by atoms with Gasteiger partial charge in [0, 0.05) is 22.7 Å². The number of aliphatic hydroxyl groups excluding tert-OH is 1. The van der Waals surface area contributed by atoms with E-state index in [0.29, 0.717) is 22.4 Å². The fourth-order valence-corrected chi connectivity index (χ4v) is 3.71. The maximum absolute atomic E-state index is 13.9. The molecule has 0 spiro atoms. The van der Waals surface area contributed by atoms with Gasteiger partial charge in [-0.25, -0.2) is 4.39 Å². The summed E-state index contributed by atoms with van der Waals surface area (Å²) in [6.07, 6.45) is 1.98. The Labute approximate surface area is 120 Å². The maximum atomic E-state index is 13.9. The first-order valence-corrected chi connectivity index (χ1v) is 7.54. The number of aryl methyl sites for hydroxylation is 1. The Hall–Kier alpha value is -1.46. The van der Waals surface area contributed by atoms with Crippen LogP contribution < -0.4 is 0 Å². The van der Waals surface area contributed by atoms with Gasteiger partial charge < -0.3 is 10.0 Å². The normalized spacial score (nSPS) is 14.8. The number of carbonyl (C=O) groups excluding carboxylic acids is 1. The van der Waals surface area contributed by atoms with Gasteiger partial charge in [-0.15, -0.1) is 11.3 Å². The van der Waals surface area contributed by atoms with Crippen molar-refractivity contribution in [3.8, 4) is 0 Å². The number of fused-ring (bicyclic) bond motifs is 1. The van der Waals surface area contributed by atoms with E-state index >= 15 is 0 Å². The molecule has 5 heteroatoms. The van der Waals surface area contributed by atoms with Gasteiger partial charge in [0.1, 0.15) is 5.82 Å². The molecule has 1 aliphatic rings. The summed E-state index contributed by atoms with van der Waals surface area (Å²) in [5, 5.41) is 9.65. The van der Waals surface area contributed by atoms with Crippen LogP contribution in [0.5, 0.6) is 0 Å². The largest absolute Gasteiger partial charge is 0.395 e. The van der Waals surface area contributed by atoms with Crippen molar-refractivity contribution >= 4 is 27.3 Å². The number of carbonyl (C=O) groups is 1. The highest BCUT2D eigenvalue weighted by Crippen LogP contribution is 2.35. The van der Waals surface area contributed by atoms with E-state index in [9.17, 15) is 9.18 Å². The van der Waals surface area contributed by atoms with Crippen molar-refractivity contribution in [3.05, 3.63) is 34.5 Å². The number of amides is 1. The molecule has 1 fully saturated rings. The molecule has 1 heterocycles. The van der Waals surface area contributed by atoms with Gasteiger partial charge in [0.15, 0.2) is 0 Å². The minimum absolute atomic E-state index is 0.0411. The summed E-state index contributed by atoms with van der Waals surface area (Å²) in [5.41, 5.74) is 0.705. The zero-order valence-corrected chi connectivity index (χ0v) is 12.0. The summed E-state index contributed by atoms with van der Waals surface area (Å²) in [6.45, 7) is 2.10. The minimum atomic E-state index is -0.282. The molecule has 0 radical (unpaired) electrons. The molecule has 20 heavy (non-hydrogen) atoms. The Bertz CT molecular complexity index is 663. The van der Waals surface area contributed by atoms with Crippen molar-refractivity contribution < 1.29 is 14.3 Å². The molecule has 1 aromatic heterocycles. The van der Waals surface area contributed by atoms with Crippen LogP contribution in [0.2, 0.25) is 0 Å². The van der Waals surface area contributed by atoms with Crippen molar-refractivity contribution in [2.45, 2.75) is 25.8 Å². The lowest BCUT2D eigenvalue weighted by atomic mass is 10.1. The molecule has 0 aliphatic heterocycles. The van der Waals surface area contributed by atoms with Gasteiger partial charge in [-0.1, -0.05) is 6.07 Å². The first-order chi connectivity index (χ1) is 9.63. The second-order valence-corrected chi connectivity index (χ2v) is 6.17. The number of thiophene rings is 1. The predicted octanol–water partition coefficient (Wildman–Crippen LogP) is 2.95. The molecule has 0 atom stereocenters. The Balaban J connectivity index is 2.03. The van der Waals surface area contributed by atoms with E-state index in [1.165, 1.54) is 17.4 Å². The van der Waals surface area contributed by atoms with Gasteiger partial charge >= 0.3 is 0 Å². The average molecular weight is 293 g/mol. The molecule has 3 rings (SSSR count). The second kappa shape index (κ2) is 5.14. The van der Waals surface area contributed by atoms with Crippen LogP contribution in [0.4, 0.5) is 4.39 Å². The van der Waals surface area contributed by atoms with Gasteiger partial charge in [0.2, 0.25) is 0 Å². The predicted molar refractivity (Wildman–Crippen MR) is 77.7 cm³/mol. The molecule has 3 nitrogen and oxygen atoms in total. The van der Waals surface area contributed by atoms with Crippen LogP contribution >= 0.6 is 11.3 Å². The molecule has 2 aromatic rings. The van der Waals surface area contributed by atoms with Crippen molar-refractivity contribution in [1.82, 2.24) is 4.90 Å².